The van der Waals surface area contributed by atoms with Crippen molar-refractivity contribution >= 4 is 33.4 Å². The summed E-state index contributed by atoms with van der Waals surface area (Å²) in [6, 6.07) is 3.90. The first-order valence-electron chi connectivity index (χ1n) is 5.50. The molecule has 1 atom stereocenters. The fourth-order valence-electron chi connectivity index (χ4n) is 2.21. The Labute approximate surface area is 109 Å². The summed E-state index contributed by atoms with van der Waals surface area (Å²) in [5, 5.41) is 0. The molecule has 92 valence electrons. The van der Waals surface area contributed by atoms with Crippen molar-refractivity contribution in [3.05, 3.63) is 22.2 Å². The minimum absolute atomic E-state index is 0.135. The summed E-state index contributed by atoms with van der Waals surface area (Å²) in [4.78, 5) is 13.5. The second kappa shape index (κ2) is 4.56. The molecule has 17 heavy (non-hydrogen) atoms. The average molecular weight is 299 g/mol. The number of methoxy groups -OCH3 is 1. The fourth-order valence-corrected chi connectivity index (χ4v) is 2.58. The van der Waals surface area contributed by atoms with E-state index in [9.17, 15) is 4.79 Å². The third kappa shape index (κ3) is 1.99. The first-order chi connectivity index (χ1) is 8.06. The Bertz CT molecular complexity index is 462. The third-order valence-electron chi connectivity index (χ3n) is 3.16. The quantitative estimate of drug-likeness (QED) is 0.749. The van der Waals surface area contributed by atoms with Crippen LogP contribution in [0.3, 0.4) is 0 Å². The summed E-state index contributed by atoms with van der Waals surface area (Å²) in [7, 11) is 1.39. The van der Waals surface area contributed by atoms with Gasteiger partial charge in [-0.05, 0) is 47.8 Å². The van der Waals surface area contributed by atoms with E-state index < -0.39 is 0 Å². The summed E-state index contributed by atoms with van der Waals surface area (Å²) in [5.74, 6) is 0. The van der Waals surface area contributed by atoms with Crippen molar-refractivity contribution in [2.24, 2.45) is 0 Å². The van der Waals surface area contributed by atoms with Gasteiger partial charge in [0.05, 0.1) is 18.5 Å². The highest BCUT2D eigenvalue weighted by molar-refractivity contribution is 9.10. The maximum absolute atomic E-state index is 11.8. The topological polar surface area (TPSA) is 55.6 Å². The number of benzene rings is 1. The molecular weight excluding hydrogens is 284 g/mol. The number of amides is 1. The van der Waals surface area contributed by atoms with Gasteiger partial charge in [0.2, 0.25) is 0 Å². The first kappa shape index (κ1) is 12.2. The first-order valence-corrected chi connectivity index (χ1v) is 6.29. The number of nitrogens with zero attached hydrogens (tertiary/aromatic N) is 1. The van der Waals surface area contributed by atoms with Crippen LogP contribution in [0.2, 0.25) is 0 Å². The Kier molecular flexibility index (Phi) is 3.28. The van der Waals surface area contributed by atoms with E-state index in [1.807, 2.05) is 19.1 Å². The Balaban J connectivity index is 2.52. The lowest BCUT2D eigenvalue weighted by atomic mass is 9.96. The predicted octanol–water partition coefficient (Wildman–Crippen LogP) is 2.94. The van der Waals surface area contributed by atoms with Crippen LogP contribution in [0.5, 0.6) is 0 Å². The van der Waals surface area contributed by atoms with Gasteiger partial charge in [0, 0.05) is 16.1 Å². The highest BCUT2D eigenvalue weighted by Gasteiger charge is 2.30. The highest BCUT2D eigenvalue weighted by atomic mass is 79.9. The van der Waals surface area contributed by atoms with Gasteiger partial charge in [0.1, 0.15) is 0 Å². The molecule has 0 spiro atoms. The van der Waals surface area contributed by atoms with Gasteiger partial charge in [-0.25, -0.2) is 4.79 Å². The van der Waals surface area contributed by atoms with E-state index in [1.54, 1.807) is 4.90 Å². The number of hydrogen-bond donors (Lipinski definition) is 1. The molecule has 2 N–H and O–H groups in total. The number of hydrogen-bond acceptors (Lipinski definition) is 3. The monoisotopic (exact) mass is 298 g/mol. The number of anilines is 2. The number of carbonyl (C=O) groups excluding carboxylic acids is 1. The second-order valence-corrected chi connectivity index (χ2v) is 5.04. The van der Waals surface area contributed by atoms with Crippen LogP contribution in [0.15, 0.2) is 16.6 Å². The van der Waals surface area contributed by atoms with Crippen molar-refractivity contribution in [3.8, 4) is 0 Å². The Morgan fingerprint density at radius 2 is 2.29 bits per heavy atom. The van der Waals surface area contributed by atoms with E-state index in [1.165, 1.54) is 7.11 Å². The van der Waals surface area contributed by atoms with E-state index in [0.29, 0.717) is 5.69 Å². The van der Waals surface area contributed by atoms with Crippen molar-refractivity contribution < 1.29 is 9.53 Å². The summed E-state index contributed by atoms with van der Waals surface area (Å²) >= 11 is 3.40. The lowest BCUT2D eigenvalue weighted by molar-refractivity contribution is 0.175. The van der Waals surface area contributed by atoms with Gasteiger partial charge in [0.25, 0.3) is 0 Å². The third-order valence-corrected chi connectivity index (χ3v) is 3.85. The Hall–Kier alpha value is -1.23. The van der Waals surface area contributed by atoms with Crippen LogP contribution in [-0.2, 0) is 11.2 Å². The molecule has 4 nitrogen and oxygen atoms in total. The van der Waals surface area contributed by atoms with Crippen LogP contribution >= 0.6 is 15.9 Å². The molecule has 1 aromatic rings. The van der Waals surface area contributed by atoms with Crippen LogP contribution in [0, 0.1) is 0 Å². The molecule has 5 heteroatoms. The number of fused-ring (bicyclic) bond motifs is 1. The number of carbonyl (C=O) groups is 1. The summed E-state index contributed by atoms with van der Waals surface area (Å²) in [6.45, 7) is 2.01. The number of rotatable bonds is 0. The van der Waals surface area contributed by atoms with Crippen LogP contribution in [0.4, 0.5) is 16.2 Å². The largest absolute Gasteiger partial charge is 0.452 e. The Morgan fingerprint density at radius 1 is 1.59 bits per heavy atom. The molecule has 2 rings (SSSR count). The van der Waals surface area contributed by atoms with E-state index in [-0.39, 0.29) is 12.1 Å². The van der Waals surface area contributed by atoms with E-state index in [2.05, 4.69) is 15.9 Å². The maximum atomic E-state index is 11.8. The Morgan fingerprint density at radius 3 is 2.94 bits per heavy atom. The zero-order valence-electron chi connectivity index (χ0n) is 9.87. The molecule has 0 bridgehead atoms. The second-order valence-electron chi connectivity index (χ2n) is 4.19. The van der Waals surface area contributed by atoms with Crippen molar-refractivity contribution in [2.45, 2.75) is 25.8 Å². The molecule has 0 saturated heterocycles. The minimum Gasteiger partial charge on any atom is -0.452 e. The molecule has 1 unspecified atom stereocenters. The number of nitrogen functional groups attached to an aromatic ring is 1. The van der Waals surface area contributed by atoms with Gasteiger partial charge in [-0.15, -0.1) is 0 Å². The normalized spacial score (nSPS) is 18.8. The van der Waals surface area contributed by atoms with Crippen molar-refractivity contribution in [1.82, 2.24) is 0 Å². The van der Waals surface area contributed by atoms with E-state index in [4.69, 9.17) is 10.5 Å². The molecule has 0 aromatic heterocycles. The van der Waals surface area contributed by atoms with Crippen LogP contribution in [-0.4, -0.2) is 19.2 Å². The lowest BCUT2D eigenvalue weighted by Gasteiger charge is -2.34. The summed E-state index contributed by atoms with van der Waals surface area (Å²) in [5.41, 5.74) is 8.61. The molecule has 1 aromatic carbocycles. The summed E-state index contributed by atoms with van der Waals surface area (Å²) in [6.07, 6.45) is 1.44. The molecule has 0 aliphatic carbocycles. The molecule has 0 fully saturated rings. The van der Waals surface area contributed by atoms with E-state index >= 15 is 0 Å². The van der Waals surface area contributed by atoms with Crippen molar-refractivity contribution in [1.29, 1.82) is 0 Å². The minimum atomic E-state index is -0.333. The van der Waals surface area contributed by atoms with Crippen LogP contribution in [0.25, 0.3) is 0 Å². The van der Waals surface area contributed by atoms with Gasteiger partial charge in [-0.1, -0.05) is 0 Å². The number of nitrogens with two attached hydrogens (primary N) is 1. The molecule has 1 aliphatic heterocycles. The highest BCUT2D eigenvalue weighted by Crippen LogP contribution is 2.38. The predicted molar refractivity (Wildman–Crippen MR) is 71.2 cm³/mol. The zero-order valence-corrected chi connectivity index (χ0v) is 11.5. The molecule has 1 aliphatic rings. The van der Waals surface area contributed by atoms with Gasteiger partial charge in [-0.3, -0.25) is 4.90 Å². The standard InChI is InChI=1S/C12H15BrN2O2/c1-7-3-4-8-10(15(7)12(16)17-2)6-5-9(13)11(8)14/h5-7H,3-4,14H2,1-2H3. The molecule has 1 amide bonds. The maximum Gasteiger partial charge on any atom is 0.414 e. The molecule has 0 radical (unpaired) electrons. The average Bonchev–Trinajstić information content (AvgIpc) is 2.33. The number of ether oxygens (including phenoxy) is 1. The van der Waals surface area contributed by atoms with Gasteiger partial charge in [-0.2, -0.15) is 0 Å². The van der Waals surface area contributed by atoms with Crippen LogP contribution < -0.4 is 10.6 Å². The summed E-state index contributed by atoms with van der Waals surface area (Å²) < 4.78 is 5.69. The number of halogens is 1. The molecule has 0 saturated carbocycles. The smallest absolute Gasteiger partial charge is 0.414 e. The van der Waals surface area contributed by atoms with Crippen LogP contribution in [0.1, 0.15) is 18.9 Å². The van der Waals surface area contributed by atoms with Crippen molar-refractivity contribution in [2.75, 3.05) is 17.7 Å². The zero-order chi connectivity index (χ0) is 12.6. The molecule has 1 heterocycles. The molecular formula is C12H15BrN2O2. The SMILES string of the molecule is COC(=O)N1c2ccc(Br)c(N)c2CCC1C. The van der Waals surface area contributed by atoms with Gasteiger partial charge in [0.15, 0.2) is 0 Å². The van der Waals surface area contributed by atoms with Gasteiger partial charge < -0.3 is 10.5 Å². The fraction of sp³-hybridized carbons (Fsp3) is 0.417. The van der Waals surface area contributed by atoms with Crippen molar-refractivity contribution in [3.63, 3.8) is 0 Å². The van der Waals surface area contributed by atoms with Gasteiger partial charge >= 0.3 is 6.09 Å². The lowest BCUT2D eigenvalue weighted by Crippen LogP contribution is -2.42. The van der Waals surface area contributed by atoms with E-state index in [0.717, 1.165) is 28.6 Å².